The van der Waals surface area contributed by atoms with E-state index < -0.39 is 0 Å². The second kappa shape index (κ2) is 14.8. The largest absolute Gasteiger partial charge is 0.299 e. The van der Waals surface area contributed by atoms with Gasteiger partial charge in [-0.05, 0) is 85.6 Å². The Hall–Kier alpha value is -7.40. The van der Waals surface area contributed by atoms with Crippen LogP contribution in [0.4, 0.5) is 5.69 Å². The quantitative estimate of drug-likeness (QED) is 0.154. The van der Waals surface area contributed by atoms with Crippen LogP contribution in [-0.4, -0.2) is 10.8 Å². The monoisotopic (exact) mass is 771 g/mol. The molecule has 2 heterocycles. The molecule has 59 heavy (non-hydrogen) atoms. The zero-order chi connectivity index (χ0) is 39.1. The molecule has 0 saturated carbocycles. The summed E-state index contributed by atoms with van der Waals surface area (Å²) in [6.45, 7) is 0. The molecule has 0 fully saturated rings. The van der Waals surface area contributed by atoms with Gasteiger partial charge in [-0.2, -0.15) is 0 Å². The molecule has 1 atom stereocenters. The van der Waals surface area contributed by atoms with Crippen molar-refractivity contribution in [2.24, 2.45) is 4.99 Å². The fourth-order valence-corrected chi connectivity index (χ4v) is 9.42. The standard InChI is InChI=1S/C55H37N3S/c1-3-14-37(15-4-1)38-32-34-44(35-33-38)58-53(40-16-5-2-6-17-40)57-54(58)50-21-8-7-20-49(50)48-25-13-23-46-45(22-12-24-47(46)48)43-19-11-18-42(36-43)39-28-30-41(31-29-39)55-56-51-26-9-10-27-52(51)59-55/h1-36,54H. The molecule has 1 aliphatic heterocycles. The highest BCUT2D eigenvalue weighted by atomic mass is 32.1. The minimum Gasteiger partial charge on any atom is -0.299 e. The van der Waals surface area contributed by atoms with E-state index in [9.17, 15) is 0 Å². The Kier molecular flexibility index (Phi) is 8.76. The second-order valence-electron chi connectivity index (χ2n) is 14.9. The summed E-state index contributed by atoms with van der Waals surface area (Å²) >= 11 is 1.74. The lowest BCUT2D eigenvalue weighted by Crippen LogP contribution is -2.43. The zero-order valence-corrected chi connectivity index (χ0v) is 32.9. The summed E-state index contributed by atoms with van der Waals surface area (Å²) in [4.78, 5) is 12.6. The van der Waals surface area contributed by atoms with E-state index in [0.29, 0.717) is 0 Å². The molecule has 10 aromatic rings. The van der Waals surface area contributed by atoms with Crippen LogP contribution < -0.4 is 4.90 Å². The van der Waals surface area contributed by atoms with Crippen LogP contribution in [0.1, 0.15) is 17.3 Å². The van der Waals surface area contributed by atoms with Gasteiger partial charge in [0, 0.05) is 22.4 Å². The second-order valence-corrected chi connectivity index (χ2v) is 15.9. The number of para-hydroxylation sites is 1. The first-order valence-corrected chi connectivity index (χ1v) is 20.8. The number of rotatable bonds is 8. The number of aliphatic imine (C=N–C) groups is 1. The van der Waals surface area contributed by atoms with Gasteiger partial charge >= 0.3 is 0 Å². The molecular weight excluding hydrogens is 735 g/mol. The van der Waals surface area contributed by atoms with Gasteiger partial charge in [-0.15, -0.1) is 11.3 Å². The van der Waals surface area contributed by atoms with Crippen molar-refractivity contribution < 1.29 is 0 Å². The lowest BCUT2D eigenvalue weighted by molar-refractivity contribution is 0.692. The Bertz CT molecular complexity index is 3120. The first kappa shape index (κ1) is 34.8. The van der Waals surface area contributed by atoms with Gasteiger partial charge in [0.2, 0.25) is 0 Å². The molecule has 11 rings (SSSR count). The smallest absolute Gasteiger partial charge is 0.155 e. The maximum atomic E-state index is 5.34. The van der Waals surface area contributed by atoms with Gasteiger partial charge in [-0.3, -0.25) is 4.90 Å². The van der Waals surface area contributed by atoms with Crippen molar-refractivity contribution >= 4 is 43.8 Å². The topological polar surface area (TPSA) is 28.5 Å². The first-order chi connectivity index (χ1) is 29.2. The molecule has 1 unspecified atom stereocenters. The Morgan fingerprint density at radius 3 is 1.71 bits per heavy atom. The lowest BCUT2D eigenvalue weighted by atomic mass is 9.89. The lowest BCUT2D eigenvalue weighted by Gasteiger charge is -2.41. The zero-order valence-electron chi connectivity index (χ0n) is 32.1. The predicted octanol–water partition coefficient (Wildman–Crippen LogP) is 14.8. The summed E-state index contributed by atoms with van der Waals surface area (Å²) in [6, 6.07) is 78.2. The van der Waals surface area contributed by atoms with Crippen LogP contribution in [-0.2, 0) is 0 Å². The maximum Gasteiger partial charge on any atom is 0.155 e. The normalized spacial score (nSPS) is 13.7. The molecule has 0 bridgehead atoms. The number of benzene rings is 9. The van der Waals surface area contributed by atoms with Gasteiger partial charge in [0.15, 0.2) is 6.17 Å². The Morgan fingerprint density at radius 2 is 0.932 bits per heavy atom. The Balaban J connectivity index is 0.949. The van der Waals surface area contributed by atoms with Gasteiger partial charge < -0.3 is 0 Å². The predicted molar refractivity (Wildman–Crippen MR) is 249 cm³/mol. The Morgan fingerprint density at radius 1 is 0.390 bits per heavy atom. The summed E-state index contributed by atoms with van der Waals surface area (Å²) in [5, 5.41) is 3.48. The van der Waals surface area contributed by atoms with E-state index in [2.05, 4.69) is 217 Å². The van der Waals surface area contributed by atoms with Crippen LogP contribution in [0.3, 0.4) is 0 Å². The molecule has 3 nitrogen and oxygen atoms in total. The van der Waals surface area contributed by atoms with Crippen LogP contribution in [0.2, 0.25) is 0 Å². The van der Waals surface area contributed by atoms with E-state index in [0.717, 1.165) is 33.2 Å². The molecule has 1 aliphatic rings. The number of anilines is 1. The number of nitrogens with zero attached hydrogens (tertiary/aromatic N) is 3. The van der Waals surface area contributed by atoms with E-state index in [-0.39, 0.29) is 6.17 Å². The molecule has 0 saturated heterocycles. The number of amidine groups is 1. The third-order valence-electron chi connectivity index (χ3n) is 11.4. The number of fused-ring (bicyclic) bond motifs is 2. The number of thiazole rings is 1. The van der Waals surface area contributed by atoms with Gasteiger partial charge in [-0.25, -0.2) is 9.98 Å². The molecular formula is C55H37N3S. The molecule has 0 N–H and O–H groups in total. The van der Waals surface area contributed by atoms with Crippen LogP contribution in [0, 0.1) is 0 Å². The summed E-state index contributed by atoms with van der Waals surface area (Å²) < 4.78 is 1.21. The van der Waals surface area contributed by atoms with E-state index in [1.165, 1.54) is 65.5 Å². The van der Waals surface area contributed by atoms with Crippen molar-refractivity contribution in [1.82, 2.24) is 4.98 Å². The third kappa shape index (κ3) is 6.41. The van der Waals surface area contributed by atoms with Crippen molar-refractivity contribution in [2.75, 3.05) is 4.90 Å². The summed E-state index contributed by atoms with van der Waals surface area (Å²) in [6.07, 6.45) is -0.180. The number of hydrogen-bond acceptors (Lipinski definition) is 4. The molecule has 0 aliphatic carbocycles. The SMILES string of the molecule is c1ccc(C2=NC(c3ccccc3-c3cccc4c(-c5cccc(-c6ccc(-c7nc8ccccc8s7)cc6)c5)cccc34)N2c2ccc(-c3ccccc3)cc2)cc1. The van der Waals surface area contributed by atoms with Crippen LogP contribution >= 0.6 is 11.3 Å². The van der Waals surface area contributed by atoms with Gasteiger partial charge in [0.25, 0.3) is 0 Å². The van der Waals surface area contributed by atoms with Crippen molar-refractivity contribution in [3.63, 3.8) is 0 Å². The Labute approximate surface area is 347 Å². The van der Waals surface area contributed by atoms with Crippen LogP contribution in [0.25, 0.3) is 76.1 Å². The van der Waals surface area contributed by atoms with Crippen molar-refractivity contribution in [1.29, 1.82) is 0 Å². The van der Waals surface area contributed by atoms with E-state index in [4.69, 9.17) is 9.98 Å². The fourth-order valence-electron chi connectivity index (χ4n) is 8.44. The summed E-state index contributed by atoms with van der Waals surface area (Å²) in [5.74, 6) is 0.976. The number of hydrogen-bond donors (Lipinski definition) is 0. The highest BCUT2D eigenvalue weighted by molar-refractivity contribution is 7.21. The van der Waals surface area contributed by atoms with E-state index in [1.807, 2.05) is 6.07 Å². The summed E-state index contributed by atoms with van der Waals surface area (Å²) in [7, 11) is 0. The van der Waals surface area contributed by atoms with Gasteiger partial charge in [-0.1, -0.05) is 188 Å². The van der Waals surface area contributed by atoms with E-state index >= 15 is 0 Å². The molecule has 0 spiro atoms. The minimum absolute atomic E-state index is 0.180. The molecule has 0 radical (unpaired) electrons. The molecule has 0 amide bonds. The highest BCUT2D eigenvalue weighted by Crippen LogP contribution is 2.44. The maximum absolute atomic E-state index is 5.34. The van der Waals surface area contributed by atoms with Gasteiger partial charge in [0.1, 0.15) is 10.8 Å². The molecule has 1 aromatic heterocycles. The minimum atomic E-state index is -0.180. The molecule has 278 valence electrons. The van der Waals surface area contributed by atoms with Crippen LogP contribution in [0.5, 0.6) is 0 Å². The van der Waals surface area contributed by atoms with Crippen LogP contribution in [0.15, 0.2) is 223 Å². The molecule has 9 aromatic carbocycles. The van der Waals surface area contributed by atoms with E-state index in [1.54, 1.807) is 11.3 Å². The first-order valence-electron chi connectivity index (χ1n) is 20.0. The average Bonchev–Trinajstić information content (AvgIpc) is 3.74. The molecule has 4 heteroatoms. The summed E-state index contributed by atoms with van der Waals surface area (Å²) in [5.41, 5.74) is 15.1. The average molecular weight is 772 g/mol. The van der Waals surface area contributed by atoms with Crippen molar-refractivity contribution in [3.8, 4) is 55.1 Å². The third-order valence-corrected chi connectivity index (χ3v) is 12.5. The van der Waals surface area contributed by atoms with Crippen molar-refractivity contribution in [3.05, 3.63) is 230 Å². The van der Waals surface area contributed by atoms with Gasteiger partial charge in [0.05, 0.1) is 10.2 Å². The van der Waals surface area contributed by atoms with Crippen molar-refractivity contribution in [2.45, 2.75) is 6.17 Å². The highest BCUT2D eigenvalue weighted by Gasteiger charge is 2.36. The fraction of sp³-hybridized carbons (Fsp3) is 0.0182. The number of aromatic nitrogens is 1.